The first-order valence-electron chi connectivity index (χ1n) is 5.50. The lowest BCUT2D eigenvalue weighted by molar-refractivity contribution is 0.515. The molecule has 2 nitrogen and oxygen atoms in total. The molecule has 1 saturated heterocycles. The van der Waals surface area contributed by atoms with Gasteiger partial charge in [0.05, 0.1) is 0 Å². The summed E-state index contributed by atoms with van der Waals surface area (Å²) >= 11 is 0. The Morgan fingerprint density at radius 1 is 1.33 bits per heavy atom. The molecule has 0 radical (unpaired) electrons. The second-order valence-electron chi connectivity index (χ2n) is 4.08. The summed E-state index contributed by atoms with van der Waals surface area (Å²) in [5.41, 5.74) is 6.79. The third kappa shape index (κ3) is 2.36. The number of halogens is 1. The minimum Gasteiger partial charge on any atom is -0.330 e. The Morgan fingerprint density at radius 2 is 2.07 bits per heavy atom. The molecule has 0 aliphatic carbocycles. The number of hydrogen-bond acceptors (Lipinski definition) is 2. The summed E-state index contributed by atoms with van der Waals surface area (Å²) in [6.07, 6.45) is 2.11. The standard InChI is InChI=1S/C12H17FN2/c13-10-3-1-9(2-4-10)11-6-8-15-12(11)5-7-14/h1-4,11-12,15H,5-8,14H2. The van der Waals surface area contributed by atoms with Crippen molar-refractivity contribution in [2.45, 2.75) is 24.8 Å². The first-order chi connectivity index (χ1) is 7.31. The molecule has 3 N–H and O–H groups in total. The average Bonchev–Trinajstić information content (AvgIpc) is 2.68. The fourth-order valence-corrected chi connectivity index (χ4v) is 2.36. The molecule has 2 rings (SSSR count). The van der Waals surface area contributed by atoms with Gasteiger partial charge in [-0.25, -0.2) is 4.39 Å². The summed E-state index contributed by atoms with van der Waals surface area (Å²) in [5, 5.41) is 3.45. The second kappa shape index (κ2) is 4.73. The van der Waals surface area contributed by atoms with Crippen LogP contribution in [0.4, 0.5) is 4.39 Å². The lowest BCUT2D eigenvalue weighted by Crippen LogP contribution is -2.28. The zero-order chi connectivity index (χ0) is 10.7. The van der Waals surface area contributed by atoms with E-state index >= 15 is 0 Å². The molecule has 1 heterocycles. The molecule has 1 aromatic rings. The largest absolute Gasteiger partial charge is 0.330 e. The molecule has 2 atom stereocenters. The predicted molar refractivity (Wildman–Crippen MR) is 59.2 cm³/mol. The van der Waals surface area contributed by atoms with Crippen molar-refractivity contribution in [3.8, 4) is 0 Å². The number of nitrogens with one attached hydrogen (secondary N) is 1. The molecular weight excluding hydrogens is 191 g/mol. The highest BCUT2D eigenvalue weighted by atomic mass is 19.1. The van der Waals surface area contributed by atoms with Crippen LogP contribution >= 0.6 is 0 Å². The third-order valence-corrected chi connectivity index (χ3v) is 3.12. The topological polar surface area (TPSA) is 38.0 Å². The summed E-state index contributed by atoms with van der Waals surface area (Å²) in [7, 11) is 0. The van der Waals surface area contributed by atoms with E-state index < -0.39 is 0 Å². The molecule has 15 heavy (non-hydrogen) atoms. The lowest BCUT2D eigenvalue weighted by Gasteiger charge is -2.19. The number of benzene rings is 1. The number of rotatable bonds is 3. The zero-order valence-corrected chi connectivity index (χ0v) is 8.75. The van der Waals surface area contributed by atoms with Crippen LogP contribution in [0.1, 0.15) is 24.3 Å². The minimum atomic E-state index is -0.167. The molecule has 0 bridgehead atoms. The molecule has 1 aliphatic heterocycles. The van der Waals surface area contributed by atoms with Crippen LogP contribution < -0.4 is 11.1 Å². The molecule has 3 heteroatoms. The SMILES string of the molecule is NCCC1NCCC1c1ccc(F)cc1. The maximum atomic E-state index is 12.8. The summed E-state index contributed by atoms with van der Waals surface area (Å²) < 4.78 is 12.8. The Balaban J connectivity index is 2.11. The summed E-state index contributed by atoms with van der Waals surface area (Å²) in [5.74, 6) is 0.328. The van der Waals surface area contributed by atoms with Crippen molar-refractivity contribution < 1.29 is 4.39 Å². The highest BCUT2D eigenvalue weighted by molar-refractivity contribution is 5.23. The molecule has 1 aromatic carbocycles. The van der Waals surface area contributed by atoms with Crippen molar-refractivity contribution in [2.75, 3.05) is 13.1 Å². The van der Waals surface area contributed by atoms with Gasteiger partial charge in [0.25, 0.3) is 0 Å². The van der Waals surface area contributed by atoms with E-state index in [0.717, 1.165) is 19.4 Å². The van der Waals surface area contributed by atoms with E-state index in [2.05, 4.69) is 5.32 Å². The first-order valence-corrected chi connectivity index (χ1v) is 5.50. The van der Waals surface area contributed by atoms with Crippen molar-refractivity contribution in [1.29, 1.82) is 0 Å². The van der Waals surface area contributed by atoms with Crippen LogP contribution in [0, 0.1) is 5.82 Å². The maximum absolute atomic E-state index is 12.8. The van der Waals surface area contributed by atoms with E-state index in [4.69, 9.17) is 5.73 Å². The van der Waals surface area contributed by atoms with Gasteiger partial charge >= 0.3 is 0 Å². The molecular formula is C12H17FN2. The third-order valence-electron chi connectivity index (χ3n) is 3.12. The molecule has 0 aromatic heterocycles. The Morgan fingerprint density at radius 3 is 2.73 bits per heavy atom. The maximum Gasteiger partial charge on any atom is 0.123 e. The molecule has 82 valence electrons. The van der Waals surface area contributed by atoms with Crippen LogP contribution in [0.2, 0.25) is 0 Å². The summed E-state index contributed by atoms with van der Waals surface area (Å²) in [6, 6.07) is 7.30. The highest BCUT2D eigenvalue weighted by Gasteiger charge is 2.27. The van der Waals surface area contributed by atoms with E-state index in [0.29, 0.717) is 18.5 Å². The fraction of sp³-hybridized carbons (Fsp3) is 0.500. The van der Waals surface area contributed by atoms with E-state index in [9.17, 15) is 4.39 Å². The molecule has 0 amide bonds. The van der Waals surface area contributed by atoms with Gasteiger partial charge in [0.2, 0.25) is 0 Å². The second-order valence-corrected chi connectivity index (χ2v) is 4.08. The Labute approximate surface area is 89.7 Å². The van der Waals surface area contributed by atoms with Crippen molar-refractivity contribution in [3.63, 3.8) is 0 Å². The van der Waals surface area contributed by atoms with E-state index in [1.54, 1.807) is 0 Å². The van der Waals surface area contributed by atoms with Crippen LogP contribution in [0.25, 0.3) is 0 Å². The van der Waals surface area contributed by atoms with Crippen molar-refractivity contribution in [3.05, 3.63) is 35.6 Å². The van der Waals surface area contributed by atoms with Gasteiger partial charge in [-0.2, -0.15) is 0 Å². The van der Waals surface area contributed by atoms with Gasteiger partial charge in [-0.05, 0) is 43.6 Å². The van der Waals surface area contributed by atoms with Gasteiger partial charge in [0.15, 0.2) is 0 Å². The number of hydrogen-bond donors (Lipinski definition) is 2. The highest BCUT2D eigenvalue weighted by Crippen LogP contribution is 2.29. The lowest BCUT2D eigenvalue weighted by atomic mass is 9.90. The normalized spacial score (nSPS) is 25.7. The quantitative estimate of drug-likeness (QED) is 0.792. The van der Waals surface area contributed by atoms with Gasteiger partial charge in [-0.1, -0.05) is 12.1 Å². The van der Waals surface area contributed by atoms with Crippen LogP contribution in [0.3, 0.4) is 0 Å². The Kier molecular flexibility index (Phi) is 3.34. The smallest absolute Gasteiger partial charge is 0.123 e. The van der Waals surface area contributed by atoms with Gasteiger partial charge in [-0.15, -0.1) is 0 Å². The van der Waals surface area contributed by atoms with Crippen molar-refractivity contribution >= 4 is 0 Å². The van der Waals surface area contributed by atoms with Gasteiger partial charge in [-0.3, -0.25) is 0 Å². The van der Waals surface area contributed by atoms with E-state index in [1.807, 2.05) is 12.1 Å². The van der Waals surface area contributed by atoms with Crippen LogP contribution in [-0.2, 0) is 0 Å². The van der Waals surface area contributed by atoms with Crippen LogP contribution in [0.5, 0.6) is 0 Å². The summed E-state index contributed by atoms with van der Waals surface area (Å²) in [6.45, 7) is 1.74. The molecule has 0 saturated carbocycles. The molecule has 2 unspecified atom stereocenters. The monoisotopic (exact) mass is 208 g/mol. The minimum absolute atomic E-state index is 0.167. The molecule has 1 fully saturated rings. The van der Waals surface area contributed by atoms with Crippen LogP contribution in [-0.4, -0.2) is 19.1 Å². The van der Waals surface area contributed by atoms with Gasteiger partial charge < -0.3 is 11.1 Å². The number of nitrogens with two attached hydrogens (primary N) is 1. The average molecular weight is 208 g/mol. The van der Waals surface area contributed by atoms with Crippen molar-refractivity contribution in [2.24, 2.45) is 5.73 Å². The fourth-order valence-electron chi connectivity index (χ4n) is 2.36. The first kappa shape index (κ1) is 10.6. The van der Waals surface area contributed by atoms with E-state index in [1.165, 1.54) is 17.7 Å². The Bertz CT molecular complexity index is 310. The molecule has 0 spiro atoms. The van der Waals surface area contributed by atoms with Gasteiger partial charge in [0, 0.05) is 12.0 Å². The molecule has 1 aliphatic rings. The zero-order valence-electron chi connectivity index (χ0n) is 8.75. The Hall–Kier alpha value is -0.930. The van der Waals surface area contributed by atoms with E-state index in [-0.39, 0.29) is 5.82 Å². The van der Waals surface area contributed by atoms with Crippen LogP contribution in [0.15, 0.2) is 24.3 Å². The van der Waals surface area contributed by atoms with Crippen molar-refractivity contribution in [1.82, 2.24) is 5.32 Å². The summed E-state index contributed by atoms with van der Waals surface area (Å²) in [4.78, 5) is 0. The predicted octanol–water partition coefficient (Wildman–Crippen LogP) is 1.62. The van der Waals surface area contributed by atoms with Gasteiger partial charge in [0.1, 0.15) is 5.82 Å².